The molecule has 206 valence electrons. The van der Waals surface area contributed by atoms with Crippen LogP contribution < -0.4 is 21.1 Å². The van der Waals surface area contributed by atoms with E-state index < -0.39 is 0 Å². The van der Waals surface area contributed by atoms with Crippen LogP contribution in [-0.4, -0.2) is 71.7 Å². The third-order valence-corrected chi connectivity index (χ3v) is 7.76. The fourth-order valence-corrected chi connectivity index (χ4v) is 5.38. The number of carbonyl (C=O) groups is 2. The largest absolute Gasteiger partial charge is 0.484 e. The van der Waals surface area contributed by atoms with Crippen molar-refractivity contribution in [1.29, 1.82) is 0 Å². The van der Waals surface area contributed by atoms with Crippen LogP contribution in [-0.2, 0) is 16.1 Å². The van der Waals surface area contributed by atoms with E-state index in [2.05, 4.69) is 36.5 Å². The Labute approximate surface area is 235 Å². The number of ether oxygens (including phenoxy) is 2. The van der Waals surface area contributed by atoms with Gasteiger partial charge < -0.3 is 30.7 Å². The number of hydrogen-bond acceptors (Lipinski definition) is 8. The molecule has 1 aliphatic carbocycles. The average Bonchev–Trinajstić information content (AvgIpc) is 2.98. The summed E-state index contributed by atoms with van der Waals surface area (Å²) in [6, 6.07) is 11.5. The summed E-state index contributed by atoms with van der Waals surface area (Å²) < 4.78 is 11.5. The lowest BCUT2D eigenvalue weighted by molar-refractivity contribution is -0.137. The lowest BCUT2D eigenvalue weighted by Crippen LogP contribution is -2.42. The molecule has 0 radical (unpaired) electrons. The summed E-state index contributed by atoms with van der Waals surface area (Å²) >= 11 is 3.51. The highest BCUT2D eigenvalue weighted by Gasteiger charge is 2.24. The molecule has 1 saturated carbocycles. The summed E-state index contributed by atoms with van der Waals surface area (Å²) in [7, 11) is 0. The van der Waals surface area contributed by atoms with E-state index in [0.717, 1.165) is 36.6 Å². The minimum absolute atomic E-state index is 0.0185. The van der Waals surface area contributed by atoms with Crippen LogP contribution in [0.15, 0.2) is 47.2 Å². The van der Waals surface area contributed by atoms with Gasteiger partial charge in [-0.2, -0.15) is 0 Å². The lowest BCUT2D eigenvalue weighted by Gasteiger charge is -2.28. The number of anilines is 1. The summed E-state index contributed by atoms with van der Waals surface area (Å²) in [5, 5.41) is 7.38. The van der Waals surface area contributed by atoms with Gasteiger partial charge in [-0.25, -0.2) is 4.98 Å². The minimum atomic E-state index is -0.297. The smallest absolute Gasteiger partial charge is 0.272 e. The van der Waals surface area contributed by atoms with Crippen molar-refractivity contribution in [3.8, 4) is 5.75 Å². The van der Waals surface area contributed by atoms with Gasteiger partial charge in [0.15, 0.2) is 12.3 Å². The van der Waals surface area contributed by atoms with Crippen molar-refractivity contribution >= 4 is 44.3 Å². The molecular formula is C28H33BrN6O4. The van der Waals surface area contributed by atoms with Crippen LogP contribution in [0.25, 0.3) is 10.9 Å². The highest BCUT2D eigenvalue weighted by molar-refractivity contribution is 9.10. The number of benzene rings is 1. The topological polar surface area (TPSA) is 132 Å². The number of nitrogens with zero attached hydrogens (tertiary/aromatic N) is 3. The third-order valence-electron chi connectivity index (χ3n) is 7.15. The number of fused-ring (bicyclic) bond motifs is 1. The van der Waals surface area contributed by atoms with E-state index in [-0.39, 0.29) is 30.5 Å². The number of halogens is 1. The molecule has 39 heavy (non-hydrogen) atoms. The Kier molecular flexibility index (Phi) is 8.90. The first kappa shape index (κ1) is 27.3. The highest BCUT2D eigenvalue weighted by atomic mass is 79.9. The number of nitrogens with two attached hydrogens (primary N) is 1. The number of aromatic nitrogens is 2. The Morgan fingerprint density at radius 2 is 1.85 bits per heavy atom. The number of rotatable bonds is 8. The van der Waals surface area contributed by atoms with Gasteiger partial charge in [0.2, 0.25) is 0 Å². The molecule has 11 heteroatoms. The van der Waals surface area contributed by atoms with Gasteiger partial charge in [0.1, 0.15) is 10.4 Å². The maximum atomic E-state index is 13.4. The molecule has 2 aromatic heterocycles. The molecule has 0 atom stereocenters. The Morgan fingerprint density at radius 1 is 1.10 bits per heavy atom. The Bertz CT molecular complexity index is 1310. The van der Waals surface area contributed by atoms with E-state index >= 15 is 0 Å². The van der Waals surface area contributed by atoms with Crippen LogP contribution in [0.3, 0.4) is 0 Å². The second-order valence-corrected chi connectivity index (χ2v) is 10.6. The van der Waals surface area contributed by atoms with Crippen molar-refractivity contribution in [3.63, 3.8) is 0 Å². The molecule has 1 aromatic carbocycles. The van der Waals surface area contributed by atoms with Crippen LogP contribution in [0.5, 0.6) is 5.75 Å². The lowest BCUT2D eigenvalue weighted by atomic mass is 9.91. The second-order valence-electron chi connectivity index (χ2n) is 9.89. The summed E-state index contributed by atoms with van der Waals surface area (Å²) in [5.74, 6) is 0.241. The van der Waals surface area contributed by atoms with E-state index in [9.17, 15) is 9.59 Å². The number of morpholine rings is 1. The summed E-state index contributed by atoms with van der Waals surface area (Å²) in [5.41, 5.74) is 8.62. The van der Waals surface area contributed by atoms with E-state index in [1.807, 2.05) is 24.3 Å². The van der Waals surface area contributed by atoms with Crippen LogP contribution in [0, 0.1) is 0 Å². The fourth-order valence-electron chi connectivity index (χ4n) is 4.88. The SMILES string of the molecule is NC1CCC(Nc2c(C(=O)NCc3ccc(OCC(=O)N4CCOCC4)cc3)nc(Br)c3cccnc23)CC1. The molecule has 0 unspecified atom stereocenters. The highest BCUT2D eigenvalue weighted by Crippen LogP contribution is 2.32. The van der Waals surface area contributed by atoms with Crippen molar-refractivity contribution in [2.75, 3.05) is 38.2 Å². The van der Waals surface area contributed by atoms with Crippen molar-refractivity contribution in [3.05, 3.63) is 58.5 Å². The standard InChI is InChI=1S/C28H33BrN6O4/c29-27-22-2-1-11-31-24(22)25(33-20-7-5-19(30)6-8-20)26(34-27)28(37)32-16-18-3-9-21(10-4-18)39-17-23(36)35-12-14-38-15-13-35/h1-4,9-11,19-20,33H,5-8,12-17,30H2,(H,32,37). The van der Waals surface area contributed by atoms with Gasteiger partial charge in [0.05, 0.1) is 24.4 Å². The van der Waals surface area contributed by atoms with Crippen LogP contribution in [0.4, 0.5) is 5.69 Å². The number of pyridine rings is 2. The van der Waals surface area contributed by atoms with Gasteiger partial charge >= 0.3 is 0 Å². The van der Waals surface area contributed by atoms with Crippen molar-refractivity contribution in [1.82, 2.24) is 20.2 Å². The number of hydrogen-bond donors (Lipinski definition) is 3. The molecule has 0 bridgehead atoms. The quantitative estimate of drug-likeness (QED) is 0.338. The Morgan fingerprint density at radius 3 is 2.59 bits per heavy atom. The van der Waals surface area contributed by atoms with Crippen molar-refractivity contribution in [2.45, 2.75) is 44.3 Å². The summed E-state index contributed by atoms with van der Waals surface area (Å²) in [6.45, 7) is 2.58. The molecule has 3 heterocycles. The zero-order chi connectivity index (χ0) is 27.2. The molecule has 4 N–H and O–H groups in total. The molecule has 10 nitrogen and oxygen atoms in total. The Balaban J connectivity index is 1.23. The second kappa shape index (κ2) is 12.7. The first-order valence-corrected chi connectivity index (χ1v) is 14.1. The minimum Gasteiger partial charge on any atom is -0.484 e. The van der Waals surface area contributed by atoms with E-state index in [1.165, 1.54) is 0 Å². The van der Waals surface area contributed by atoms with Gasteiger partial charge in [-0.3, -0.25) is 14.6 Å². The van der Waals surface area contributed by atoms with Crippen LogP contribution in [0.2, 0.25) is 0 Å². The molecule has 2 amide bonds. The first-order chi connectivity index (χ1) is 19.0. The average molecular weight is 598 g/mol. The number of nitrogens with one attached hydrogen (secondary N) is 2. The van der Waals surface area contributed by atoms with Crippen molar-refractivity contribution < 1.29 is 19.1 Å². The van der Waals surface area contributed by atoms with E-state index in [1.54, 1.807) is 23.2 Å². The molecule has 2 aliphatic rings. The summed E-state index contributed by atoms with van der Waals surface area (Å²) in [4.78, 5) is 36.6. The van der Waals surface area contributed by atoms with Crippen LogP contribution >= 0.6 is 15.9 Å². The third kappa shape index (κ3) is 6.84. The van der Waals surface area contributed by atoms with Gasteiger partial charge in [-0.15, -0.1) is 0 Å². The molecule has 1 aliphatic heterocycles. The molecule has 1 saturated heterocycles. The van der Waals surface area contributed by atoms with E-state index in [0.29, 0.717) is 60.1 Å². The predicted octanol–water partition coefficient (Wildman–Crippen LogP) is 3.24. The maximum Gasteiger partial charge on any atom is 0.272 e. The summed E-state index contributed by atoms with van der Waals surface area (Å²) in [6.07, 6.45) is 5.46. The number of amides is 2. The molecule has 0 spiro atoms. The molecular weight excluding hydrogens is 564 g/mol. The molecule has 2 fully saturated rings. The molecule has 3 aromatic rings. The first-order valence-electron chi connectivity index (χ1n) is 13.3. The molecule has 5 rings (SSSR count). The fraction of sp³-hybridized carbons (Fsp3) is 0.429. The van der Waals surface area contributed by atoms with Gasteiger partial charge in [0, 0.05) is 43.3 Å². The zero-order valence-electron chi connectivity index (χ0n) is 21.7. The maximum absolute atomic E-state index is 13.4. The normalized spacial score (nSPS) is 19.5. The predicted molar refractivity (Wildman–Crippen MR) is 152 cm³/mol. The monoisotopic (exact) mass is 596 g/mol. The zero-order valence-corrected chi connectivity index (χ0v) is 23.3. The van der Waals surface area contributed by atoms with Gasteiger partial charge in [-0.1, -0.05) is 12.1 Å². The van der Waals surface area contributed by atoms with Crippen molar-refractivity contribution in [2.24, 2.45) is 5.73 Å². The number of carbonyl (C=O) groups excluding carboxylic acids is 2. The van der Waals surface area contributed by atoms with Crippen LogP contribution in [0.1, 0.15) is 41.7 Å². The van der Waals surface area contributed by atoms with Gasteiger partial charge in [-0.05, 0) is 71.4 Å². The van der Waals surface area contributed by atoms with E-state index in [4.69, 9.17) is 15.2 Å². The van der Waals surface area contributed by atoms with Gasteiger partial charge in [0.25, 0.3) is 11.8 Å². The Hall–Kier alpha value is -3.28.